The van der Waals surface area contributed by atoms with Crippen molar-refractivity contribution in [3.8, 4) is 55.8 Å². The Bertz CT molecular complexity index is 2820. The van der Waals surface area contributed by atoms with Crippen LogP contribution in [0.3, 0.4) is 0 Å². The van der Waals surface area contributed by atoms with Crippen LogP contribution in [-0.4, -0.2) is 9.97 Å². The van der Waals surface area contributed by atoms with E-state index in [1.54, 1.807) is 0 Å². The van der Waals surface area contributed by atoms with Crippen molar-refractivity contribution < 1.29 is 0 Å². The fourth-order valence-electron chi connectivity index (χ4n) is 8.25. The average molecular weight is 689 g/mol. The van der Waals surface area contributed by atoms with Gasteiger partial charge in [0.05, 0.1) is 11.2 Å². The molecule has 0 spiro atoms. The van der Waals surface area contributed by atoms with E-state index >= 15 is 0 Å². The Morgan fingerprint density at radius 2 is 0.907 bits per heavy atom. The maximum atomic E-state index is 5.34. The van der Waals surface area contributed by atoms with Crippen molar-refractivity contribution in [1.82, 2.24) is 9.97 Å². The van der Waals surface area contributed by atoms with Crippen LogP contribution in [0, 0.1) is 0 Å². The van der Waals surface area contributed by atoms with Crippen molar-refractivity contribution >= 4 is 27.8 Å². The molecule has 0 bridgehead atoms. The maximum Gasteiger partial charge on any atom is 0.136 e. The van der Waals surface area contributed by atoms with Crippen LogP contribution >= 0.6 is 0 Å². The molecule has 0 aliphatic heterocycles. The molecule has 1 heterocycles. The molecule has 10 rings (SSSR count). The van der Waals surface area contributed by atoms with E-state index in [0.717, 1.165) is 34.4 Å². The molecule has 0 radical (unpaired) electrons. The number of fused-ring (bicyclic) bond motifs is 3. The molecule has 1 unspecified atom stereocenters. The van der Waals surface area contributed by atoms with E-state index in [1.165, 1.54) is 66.4 Å². The molecule has 0 saturated heterocycles. The van der Waals surface area contributed by atoms with E-state index in [9.17, 15) is 0 Å². The first-order valence-electron chi connectivity index (χ1n) is 18.7. The van der Waals surface area contributed by atoms with Crippen molar-refractivity contribution in [3.63, 3.8) is 0 Å². The average Bonchev–Trinajstić information content (AvgIpc) is 3.26. The predicted molar refractivity (Wildman–Crippen MR) is 226 cm³/mol. The van der Waals surface area contributed by atoms with Crippen LogP contribution < -0.4 is 0 Å². The highest BCUT2D eigenvalue weighted by Crippen LogP contribution is 2.47. The Labute approximate surface area is 315 Å². The lowest BCUT2D eigenvalue weighted by molar-refractivity contribution is 0.765. The lowest BCUT2D eigenvalue weighted by Gasteiger charge is -2.27. The van der Waals surface area contributed by atoms with Crippen molar-refractivity contribution in [1.29, 1.82) is 0 Å². The first-order valence-corrected chi connectivity index (χ1v) is 18.7. The summed E-state index contributed by atoms with van der Waals surface area (Å²) in [6.45, 7) is 0. The zero-order valence-electron chi connectivity index (χ0n) is 29.7. The Kier molecular flexibility index (Phi) is 8.00. The number of aromatic nitrogens is 2. The second kappa shape index (κ2) is 13.6. The summed E-state index contributed by atoms with van der Waals surface area (Å²) in [4.78, 5) is 10.6. The van der Waals surface area contributed by atoms with Gasteiger partial charge in [-0.1, -0.05) is 188 Å². The van der Waals surface area contributed by atoms with E-state index in [0.29, 0.717) is 0 Å². The van der Waals surface area contributed by atoms with Gasteiger partial charge in [-0.3, -0.25) is 0 Å². The molecule has 0 fully saturated rings. The summed E-state index contributed by atoms with van der Waals surface area (Å²) in [6, 6.07) is 67.3. The Balaban J connectivity index is 1.19. The summed E-state index contributed by atoms with van der Waals surface area (Å²) in [5.74, 6) is 0.845. The smallest absolute Gasteiger partial charge is 0.136 e. The first kappa shape index (κ1) is 31.8. The van der Waals surface area contributed by atoms with Crippen molar-refractivity contribution in [2.24, 2.45) is 0 Å². The number of para-hydroxylation sites is 1. The fraction of sp³-hybridized carbons (Fsp3) is 0.0385. The summed E-state index contributed by atoms with van der Waals surface area (Å²) >= 11 is 0. The van der Waals surface area contributed by atoms with Gasteiger partial charge in [-0.25, -0.2) is 9.97 Å². The standard InChI is InChI=1S/C52H36N2/c1-4-15-35(16-5-1)37-27-29-38(30-28-37)49-43-23-10-11-24-44(43)50(41-22-14-21-40(33-41)36-17-6-2-7-18-36)45-32-31-42(34-47(45)49)52-53-48-26-13-12-25-46(48)51(54-52)39-19-8-3-9-20-39/h1-33,42H,34H2. The van der Waals surface area contributed by atoms with Gasteiger partial charge in [0.1, 0.15) is 5.82 Å². The van der Waals surface area contributed by atoms with Gasteiger partial charge in [-0.15, -0.1) is 0 Å². The number of rotatable bonds is 6. The molecule has 2 heteroatoms. The zero-order chi connectivity index (χ0) is 35.8. The van der Waals surface area contributed by atoms with Gasteiger partial charge in [0.25, 0.3) is 0 Å². The third-order valence-electron chi connectivity index (χ3n) is 10.8. The van der Waals surface area contributed by atoms with Gasteiger partial charge < -0.3 is 0 Å². The summed E-state index contributed by atoms with van der Waals surface area (Å²) in [6.07, 6.45) is 5.47. The van der Waals surface area contributed by atoms with Crippen molar-refractivity contribution in [2.45, 2.75) is 12.3 Å². The van der Waals surface area contributed by atoms with Crippen LogP contribution in [0.1, 0.15) is 22.9 Å². The minimum Gasteiger partial charge on any atom is -0.232 e. The largest absolute Gasteiger partial charge is 0.232 e. The fourth-order valence-corrected chi connectivity index (χ4v) is 8.25. The molecular formula is C52H36N2. The molecule has 0 N–H and O–H groups in total. The van der Waals surface area contributed by atoms with Gasteiger partial charge in [-0.2, -0.15) is 0 Å². The molecule has 1 atom stereocenters. The molecule has 9 aromatic rings. The zero-order valence-corrected chi connectivity index (χ0v) is 29.7. The van der Waals surface area contributed by atoms with Crippen LogP contribution in [0.4, 0.5) is 0 Å². The molecule has 8 aromatic carbocycles. The molecule has 1 aromatic heterocycles. The predicted octanol–water partition coefficient (Wildman–Crippen LogP) is 13.5. The molecule has 1 aliphatic carbocycles. The van der Waals surface area contributed by atoms with Crippen molar-refractivity contribution in [3.05, 3.63) is 211 Å². The highest BCUT2D eigenvalue weighted by molar-refractivity contribution is 6.10. The highest BCUT2D eigenvalue weighted by Gasteiger charge is 2.27. The van der Waals surface area contributed by atoms with E-state index in [-0.39, 0.29) is 5.92 Å². The highest BCUT2D eigenvalue weighted by atomic mass is 14.9. The monoisotopic (exact) mass is 688 g/mol. The Hall–Kier alpha value is -6.90. The molecule has 54 heavy (non-hydrogen) atoms. The van der Waals surface area contributed by atoms with Gasteiger partial charge in [0, 0.05) is 16.9 Å². The SMILES string of the molecule is C1=CC(c2nc(-c3ccccc3)c3ccccc3n2)Cc2c1c(-c1cccc(-c3ccccc3)c1)c1ccccc1c2-c1ccc(-c2ccccc2)cc1. The van der Waals surface area contributed by atoms with Gasteiger partial charge in [-0.05, 0) is 85.0 Å². The van der Waals surface area contributed by atoms with E-state index in [4.69, 9.17) is 9.97 Å². The van der Waals surface area contributed by atoms with Gasteiger partial charge >= 0.3 is 0 Å². The third kappa shape index (κ3) is 5.70. The molecular weight excluding hydrogens is 653 g/mol. The Morgan fingerprint density at radius 1 is 0.389 bits per heavy atom. The maximum absolute atomic E-state index is 5.34. The summed E-state index contributed by atoms with van der Waals surface area (Å²) in [5.41, 5.74) is 15.5. The second-order valence-corrected chi connectivity index (χ2v) is 14.1. The molecule has 0 amide bonds. The van der Waals surface area contributed by atoms with Crippen LogP contribution in [0.25, 0.3) is 83.5 Å². The quantitative estimate of drug-likeness (QED) is 0.174. The van der Waals surface area contributed by atoms with E-state index < -0.39 is 0 Å². The lowest BCUT2D eigenvalue weighted by atomic mass is 9.77. The number of nitrogens with zero attached hydrogens (tertiary/aromatic N) is 2. The van der Waals surface area contributed by atoms with Crippen LogP contribution in [0.15, 0.2) is 194 Å². The lowest BCUT2D eigenvalue weighted by Crippen LogP contribution is -2.13. The number of allylic oxidation sites excluding steroid dienone is 1. The summed E-state index contributed by atoms with van der Waals surface area (Å²) < 4.78 is 0. The van der Waals surface area contributed by atoms with Crippen LogP contribution in [0.2, 0.25) is 0 Å². The van der Waals surface area contributed by atoms with E-state index in [2.05, 4.69) is 200 Å². The van der Waals surface area contributed by atoms with Crippen LogP contribution in [-0.2, 0) is 6.42 Å². The first-order chi connectivity index (χ1) is 26.8. The van der Waals surface area contributed by atoms with E-state index in [1.807, 2.05) is 0 Å². The van der Waals surface area contributed by atoms with Gasteiger partial charge in [0.2, 0.25) is 0 Å². The minimum absolute atomic E-state index is 0.00317. The molecule has 1 aliphatic rings. The Morgan fingerprint density at radius 3 is 1.61 bits per heavy atom. The number of hydrogen-bond donors (Lipinski definition) is 0. The summed E-state index contributed by atoms with van der Waals surface area (Å²) in [7, 11) is 0. The second-order valence-electron chi connectivity index (χ2n) is 14.1. The summed E-state index contributed by atoms with van der Waals surface area (Å²) in [5, 5.41) is 3.57. The molecule has 0 saturated carbocycles. The topological polar surface area (TPSA) is 25.8 Å². The molecule has 254 valence electrons. The number of benzene rings is 8. The molecule has 2 nitrogen and oxygen atoms in total. The van der Waals surface area contributed by atoms with Crippen molar-refractivity contribution in [2.75, 3.05) is 0 Å². The number of hydrogen-bond acceptors (Lipinski definition) is 2. The van der Waals surface area contributed by atoms with Crippen LogP contribution in [0.5, 0.6) is 0 Å². The van der Waals surface area contributed by atoms with Gasteiger partial charge in [0.15, 0.2) is 0 Å². The minimum atomic E-state index is -0.00317. The third-order valence-corrected chi connectivity index (χ3v) is 10.8. The normalized spacial score (nSPS) is 13.6.